The average molecular weight is 334 g/mol. The van der Waals surface area contributed by atoms with E-state index in [-0.39, 0.29) is 18.6 Å². The summed E-state index contributed by atoms with van der Waals surface area (Å²) in [6.45, 7) is 3.03. The summed E-state index contributed by atoms with van der Waals surface area (Å²) in [6, 6.07) is 0. The van der Waals surface area contributed by atoms with E-state index in [1.165, 1.54) is 44.9 Å². The van der Waals surface area contributed by atoms with Gasteiger partial charge in [-0.25, -0.2) is 0 Å². The highest BCUT2D eigenvalue weighted by Crippen LogP contribution is 2.10. The van der Waals surface area contributed by atoms with Crippen LogP contribution in [0.4, 0.5) is 0 Å². The fourth-order valence-electron chi connectivity index (χ4n) is 1.86. The van der Waals surface area contributed by atoms with Crippen LogP contribution in [-0.2, 0) is 14.4 Å². The van der Waals surface area contributed by atoms with E-state index in [4.69, 9.17) is 15.0 Å². The molecule has 0 aliphatic rings. The van der Waals surface area contributed by atoms with Gasteiger partial charge in [-0.15, -0.1) is 0 Å². The highest BCUT2D eigenvalue weighted by Gasteiger charge is 2.02. The van der Waals surface area contributed by atoms with E-state index < -0.39 is 11.9 Å². The number of carbonyl (C=O) groups excluding carboxylic acids is 1. The number of hydrogen-bond donors (Lipinski definition) is 4. The van der Waals surface area contributed by atoms with Crippen molar-refractivity contribution in [1.29, 1.82) is 0 Å². The molecule has 0 aliphatic heterocycles. The van der Waals surface area contributed by atoms with Gasteiger partial charge in [-0.3, -0.25) is 14.4 Å². The standard InChI is InChI=1S/C14H27NO3.C2H4O2.H3N/c1-2-3-4-5-6-7-8-9-10-11-13(16)15-12-14(17)18;1-2(3)4;/h2-12H2,1H3,(H,15,16)(H,17,18);1H3,(H,3,4);1H3. The van der Waals surface area contributed by atoms with Crippen molar-refractivity contribution in [2.24, 2.45) is 0 Å². The zero-order valence-corrected chi connectivity index (χ0v) is 14.6. The Morgan fingerprint density at radius 2 is 1.22 bits per heavy atom. The smallest absolute Gasteiger partial charge is 0.322 e. The summed E-state index contributed by atoms with van der Waals surface area (Å²) >= 11 is 0. The maximum Gasteiger partial charge on any atom is 0.322 e. The molecule has 0 fully saturated rings. The van der Waals surface area contributed by atoms with Crippen LogP contribution < -0.4 is 11.5 Å². The molecule has 0 bridgehead atoms. The molecule has 7 heteroatoms. The maximum absolute atomic E-state index is 11.2. The summed E-state index contributed by atoms with van der Waals surface area (Å²) < 4.78 is 0. The van der Waals surface area contributed by atoms with Crippen molar-refractivity contribution in [1.82, 2.24) is 11.5 Å². The molecule has 0 aromatic heterocycles. The summed E-state index contributed by atoms with van der Waals surface area (Å²) in [7, 11) is 0. The van der Waals surface area contributed by atoms with Gasteiger partial charge in [-0.2, -0.15) is 0 Å². The molecular formula is C16H34N2O5. The fourth-order valence-corrected chi connectivity index (χ4v) is 1.86. The highest BCUT2D eigenvalue weighted by atomic mass is 16.4. The van der Waals surface area contributed by atoms with Crippen LogP contribution >= 0.6 is 0 Å². The number of nitrogens with one attached hydrogen (secondary N) is 1. The molecule has 23 heavy (non-hydrogen) atoms. The molecule has 0 saturated carbocycles. The van der Waals surface area contributed by atoms with Crippen molar-refractivity contribution < 1.29 is 24.6 Å². The molecule has 7 nitrogen and oxygen atoms in total. The Morgan fingerprint density at radius 3 is 1.61 bits per heavy atom. The van der Waals surface area contributed by atoms with E-state index in [2.05, 4.69) is 12.2 Å². The van der Waals surface area contributed by atoms with Crippen LogP contribution in [0.1, 0.15) is 78.1 Å². The molecule has 0 aliphatic carbocycles. The Hall–Kier alpha value is -1.63. The predicted molar refractivity (Wildman–Crippen MR) is 90.8 cm³/mol. The Morgan fingerprint density at radius 1 is 0.826 bits per heavy atom. The molecule has 0 radical (unpaired) electrons. The Kier molecular flexibility index (Phi) is 23.3. The molecule has 6 N–H and O–H groups in total. The number of hydrogen-bond acceptors (Lipinski definition) is 4. The third-order valence-corrected chi connectivity index (χ3v) is 2.94. The third kappa shape index (κ3) is 33.3. The molecule has 0 heterocycles. The van der Waals surface area contributed by atoms with Crippen LogP contribution in [-0.4, -0.2) is 34.6 Å². The zero-order chi connectivity index (χ0) is 17.2. The second kappa shape index (κ2) is 20.4. The Bertz CT molecular complexity index is 305. The van der Waals surface area contributed by atoms with E-state index in [0.29, 0.717) is 6.42 Å². The van der Waals surface area contributed by atoms with Gasteiger partial charge in [-0.05, 0) is 6.42 Å². The van der Waals surface area contributed by atoms with Crippen molar-refractivity contribution in [3.8, 4) is 0 Å². The molecule has 0 unspecified atom stereocenters. The lowest BCUT2D eigenvalue weighted by Gasteiger charge is -2.03. The lowest BCUT2D eigenvalue weighted by Crippen LogP contribution is -2.28. The zero-order valence-electron chi connectivity index (χ0n) is 14.6. The van der Waals surface area contributed by atoms with Gasteiger partial charge < -0.3 is 21.7 Å². The van der Waals surface area contributed by atoms with Gasteiger partial charge in [0.25, 0.3) is 5.97 Å². The minimum atomic E-state index is -0.990. The molecule has 0 atom stereocenters. The number of rotatable bonds is 12. The lowest BCUT2D eigenvalue weighted by atomic mass is 10.1. The first kappa shape index (κ1) is 26.3. The van der Waals surface area contributed by atoms with Crippen molar-refractivity contribution in [3.05, 3.63) is 0 Å². The van der Waals surface area contributed by atoms with Crippen LogP contribution in [0, 0.1) is 0 Å². The number of aliphatic carboxylic acids is 2. The minimum absolute atomic E-state index is 0. The van der Waals surface area contributed by atoms with Crippen molar-refractivity contribution in [2.75, 3.05) is 6.54 Å². The van der Waals surface area contributed by atoms with E-state index >= 15 is 0 Å². The molecule has 138 valence electrons. The van der Waals surface area contributed by atoms with Gasteiger partial charge >= 0.3 is 5.97 Å². The molecule has 0 spiro atoms. The highest BCUT2D eigenvalue weighted by molar-refractivity contribution is 5.80. The van der Waals surface area contributed by atoms with Crippen LogP contribution in [0.5, 0.6) is 0 Å². The summed E-state index contributed by atoms with van der Waals surface area (Å²) in [5.74, 6) is -1.98. The number of unbranched alkanes of at least 4 members (excludes halogenated alkanes) is 8. The quantitative estimate of drug-likeness (QED) is 0.404. The second-order valence-electron chi connectivity index (χ2n) is 5.27. The number of carbonyl (C=O) groups is 3. The van der Waals surface area contributed by atoms with Gasteiger partial charge in [0, 0.05) is 13.3 Å². The molecule has 0 saturated heterocycles. The van der Waals surface area contributed by atoms with Gasteiger partial charge in [0.2, 0.25) is 5.91 Å². The van der Waals surface area contributed by atoms with Crippen LogP contribution in [0.15, 0.2) is 0 Å². The van der Waals surface area contributed by atoms with Crippen molar-refractivity contribution in [3.63, 3.8) is 0 Å². The van der Waals surface area contributed by atoms with Crippen LogP contribution in [0.2, 0.25) is 0 Å². The molecule has 0 aromatic carbocycles. The van der Waals surface area contributed by atoms with E-state index in [1.54, 1.807) is 0 Å². The first-order valence-electron chi connectivity index (χ1n) is 8.08. The first-order chi connectivity index (χ1) is 10.4. The normalized spacial score (nSPS) is 9.13. The van der Waals surface area contributed by atoms with Crippen LogP contribution in [0.3, 0.4) is 0 Å². The fraction of sp³-hybridized carbons (Fsp3) is 0.812. The van der Waals surface area contributed by atoms with E-state index in [9.17, 15) is 9.59 Å². The van der Waals surface area contributed by atoms with E-state index in [0.717, 1.165) is 19.8 Å². The van der Waals surface area contributed by atoms with Gasteiger partial charge in [0.1, 0.15) is 6.54 Å². The minimum Gasteiger partial charge on any atom is -0.481 e. The van der Waals surface area contributed by atoms with Crippen LogP contribution in [0.25, 0.3) is 0 Å². The van der Waals surface area contributed by atoms with Crippen molar-refractivity contribution >= 4 is 17.8 Å². The summed E-state index contributed by atoms with van der Waals surface area (Å²) in [6.07, 6.45) is 11.4. The number of carboxylic acids is 2. The van der Waals surface area contributed by atoms with E-state index in [1.807, 2.05) is 0 Å². The Labute approximate surface area is 139 Å². The molecule has 1 amide bonds. The number of amides is 1. The van der Waals surface area contributed by atoms with Gasteiger partial charge in [0.05, 0.1) is 0 Å². The summed E-state index contributed by atoms with van der Waals surface area (Å²) in [5.41, 5.74) is 0. The Balaban J connectivity index is -0.000000712. The topological polar surface area (TPSA) is 139 Å². The SMILES string of the molecule is CC(=O)O.CCCCCCCCCCCC(=O)NCC(=O)O.N. The second-order valence-corrected chi connectivity index (χ2v) is 5.27. The molecule has 0 rings (SSSR count). The predicted octanol–water partition coefficient (Wildman–Crippen LogP) is 3.36. The van der Waals surface area contributed by atoms with Crippen molar-refractivity contribution in [2.45, 2.75) is 78.1 Å². The number of carboxylic acid groups (broad SMARTS) is 2. The maximum atomic E-state index is 11.2. The monoisotopic (exact) mass is 334 g/mol. The average Bonchev–Trinajstić information content (AvgIpc) is 2.42. The summed E-state index contributed by atoms with van der Waals surface area (Å²) in [4.78, 5) is 30.4. The summed E-state index contributed by atoms with van der Waals surface area (Å²) in [5, 5.41) is 18.2. The largest absolute Gasteiger partial charge is 0.481 e. The lowest BCUT2D eigenvalue weighted by molar-refractivity contribution is -0.138. The first-order valence-corrected chi connectivity index (χ1v) is 8.08. The third-order valence-electron chi connectivity index (χ3n) is 2.94. The van der Waals surface area contributed by atoms with Gasteiger partial charge in [0.15, 0.2) is 0 Å². The van der Waals surface area contributed by atoms with Gasteiger partial charge in [-0.1, -0.05) is 58.3 Å². The molecular weight excluding hydrogens is 300 g/mol. The molecule has 0 aromatic rings.